The molecule has 0 fully saturated rings. The molecule has 0 radical (unpaired) electrons. The van der Waals surface area contributed by atoms with Gasteiger partial charge in [-0.15, -0.1) is 0 Å². The van der Waals surface area contributed by atoms with Gasteiger partial charge in [-0.05, 0) is 37.1 Å². The molecule has 0 aliphatic rings. The zero-order chi connectivity index (χ0) is 14.5. The molecular weight excluding hydrogens is 255 g/mol. The van der Waals surface area contributed by atoms with Crippen molar-refractivity contribution in [3.8, 4) is 0 Å². The van der Waals surface area contributed by atoms with E-state index in [1.54, 1.807) is 6.07 Å². The average molecular weight is 272 g/mol. The van der Waals surface area contributed by atoms with Crippen molar-refractivity contribution < 1.29 is 9.18 Å². The molecule has 2 N–H and O–H groups in total. The van der Waals surface area contributed by atoms with E-state index in [9.17, 15) is 9.18 Å². The van der Waals surface area contributed by atoms with Crippen molar-refractivity contribution in [2.45, 2.75) is 20.4 Å². The molecule has 3 nitrogen and oxygen atoms in total. The molecule has 20 heavy (non-hydrogen) atoms. The maximum Gasteiger partial charge on any atom is 0.319 e. The number of hydrogen-bond donors (Lipinski definition) is 2. The maximum absolute atomic E-state index is 13.1. The van der Waals surface area contributed by atoms with Gasteiger partial charge in [-0.3, -0.25) is 0 Å². The minimum Gasteiger partial charge on any atom is -0.334 e. The van der Waals surface area contributed by atoms with Crippen LogP contribution in [0.2, 0.25) is 0 Å². The predicted octanol–water partition coefficient (Wildman–Crippen LogP) is 3.76. The normalized spacial score (nSPS) is 10.2. The van der Waals surface area contributed by atoms with E-state index in [2.05, 4.69) is 10.6 Å². The lowest BCUT2D eigenvalue weighted by molar-refractivity contribution is 0.251. The molecule has 0 bridgehead atoms. The summed E-state index contributed by atoms with van der Waals surface area (Å²) in [5.74, 6) is -0.371. The second kappa shape index (κ2) is 6.19. The first-order chi connectivity index (χ1) is 9.54. The van der Waals surface area contributed by atoms with Crippen molar-refractivity contribution in [1.82, 2.24) is 5.32 Å². The van der Waals surface area contributed by atoms with Gasteiger partial charge in [-0.2, -0.15) is 0 Å². The Hall–Kier alpha value is -2.36. The number of carbonyl (C=O) groups excluding carboxylic acids is 1. The Morgan fingerprint density at radius 2 is 1.80 bits per heavy atom. The van der Waals surface area contributed by atoms with Crippen molar-refractivity contribution in [3.63, 3.8) is 0 Å². The smallest absolute Gasteiger partial charge is 0.319 e. The summed E-state index contributed by atoms with van der Waals surface area (Å²) in [6.07, 6.45) is 0. The molecule has 0 saturated heterocycles. The molecule has 4 heteroatoms. The lowest BCUT2D eigenvalue weighted by Gasteiger charge is -2.10. The highest BCUT2D eigenvalue weighted by Gasteiger charge is 2.05. The molecule has 104 valence electrons. The molecule has 0 heterocycles. The van der Waals surface area contributed by atoms with Gasteiger partial charge in [0.1, 0.15) is 5.82 Å². The number of carbonyl (C=O) groups is 1. The number of anilines is 1. The summed E-state index contributed by atoms with van der Waals surface area (Å²) < 4.78 is 13.1. The lowest BCUT2D eigenvalue weighted by Crippen LogP contribution is -2.28. The molecule has 0 aliphatic carbocycles. The highest BCUT2D eigenvalue weighted by molar-refractivity contribution is 5.90. The van der Waals surface area contributed by atoms with E-state index in [0.29, 0.717) is 12.2 Å². The number of aryl methyl sites for hydroxylation is 2. The number of hydrogen-bond acceptors (Lipinski definition) is 1. The minimum atomic E-state index is -0.371. The molecule has 0 spiro atoms. The number of rotatable bonds is 3. The summed E-state index contributed by atoms with van der Waals surface area (Å²) in [4.78, 5) is 11.8. The summed E-state index contributed by atoms with van der Waals surface area (Å²) in [5.41, 5.74) is 3.48. The second-order valence-electron chi connectivity index (χ2n) is 4.75. The van der Waals surface area contributed by atoms with Crippen LogP contribution in [0.1, 0.15) is 16.7 Å². The monoisotopic (exact) mass is 272 g/mol. The van der Waals surface area contributed by atoms with Crippen LogP contribution in [0.15, 0.2) is 42.5 Å². The fraction of sp³-hybridized carbons (Fsp3) is 0.188. The summed E-state index contributed by atoms with van der Waals surface area (Å²) in [7, 11) is 0. The third-order valence-corrected chi connectivity index (χ3v) is 3.02. The average Bonchev–Trinajstić information content (AvgIpc) is 2.42. The lowest BCUT2D eigenvalue weighted by atomic mass is 10.1. The molecular formula is C16H17FN2O. The first kappa shape index (κ1) is 14.1. The minimum absolute atomic E-state index is 0.348. The third kappa shape index (κ3) is 3.82. The molecule has 2 amide bonds. The van der Waals surface area contributed by atoms with Gasteiger partial charge in [0.15, 0.2) is 0 Å². The van der Waals surface area contributed by atoms with E-state index < -0.39 is 0 Å². The zero-order valence-corrected chi connectivity index (χ0v) is 11.5. The standard InChI is InChI=1S/C16H17FN2O/c1-11-3-6-13(7-4-11)10-18-16(20)19-15-9-14(17)8-5-12(15)2/h3-9H,10H2,1-2H3,(H2,18,19,20). The number of amides is 2. The number of benzene rings is 2. The van der Waals surface area contributed by atoms with E-state index in [1.165, 1.54) is 17.7 Å². The number of nitrogens with one attached hydrogen (secondary N) is 2. The van der Waals surface area contributed by atoms with Gasteiger partial charge in [0.2, 0.25) is 0 Å². The van der Waals surface area contributed by atoms with Gasteiger partial charge in [-0.25, -0.2) is 9.18 Å². The molecule has 0 saturated carbocycles. The molecule has 0 aromatic heterocycles. The van der Waals surface area contributed by atoms with E-state index in [-0.39, 0.29) is 11.8 Å². The van der Waals surface area contributed by atoms with Crippen LogP contribution in [0.3, 0.4) is 0 Å². The molecule has 0 unspecified atom stereocenters. The second-order valence-corrected chi connectivity index (χ2v) is 4.75. The van der Waals surface area contributed by atoms with Crippen LogP contribution < -0.4 is 10.6 Å². The van der Waals surface area contributed by atoms with E-state index in [0.717, 1.165) is 11.1 Å². The topological polar surface area (TPSA) is 41.1 Å². The Labute approximate surface area is 117 Å². The van der Waals surface area contributed by atoms with Crippen LogP contribution in [-0.2, 0) is 6.54 Å². The largest absolute Gasteiger partial charge is 0.334 e. The Kier molecular flexibility index (Phi) is 4.35. The predicted molar refractivity (Wildman–Crippen MR) is 78.2 cm³/mol. The summed E-state index contributed by atoms with van der Waals surface area (Å²) in [6.45, 7) is 4.26. The number of halogens is 1. The highest BCUT2D eigenvalue weighted by atomic mass is 19.1. The van der Waals surface area contributed by atoms with Crippen molar-refractivity contribution in [1.29, 1.82) is 0 Å². The Morgan fingerprint density at radius 3 is 2.50 bits per heavy atom. The zero-order valence-electron chi connectivity index (χ0n) is 11.5. The first-order valence-electron chi connectivity index (χ1n) is 6.41. The van der Waals surface area contributed by atoms with Gasteiger partial charge >= 0.3 is 6.03 Å². The summed E-state index contributed by atoms with van der Waals surface area (Å²) >= 11 is 0. The molecule has 2 rings (SSSR count). The Balaban J connectivity index is 1.92. The van der Waals surface area contributed by atoms with E-state index in [4.69, 9.17) is 0 Å². The van der Waals surface area contributed by atoms with Crippen LogP contribution in [0.4, 0.5) is 14.9 Å². The molecule has 2 aromatic rings. The highest BCUT2D eigenvalue weighted by Crippen LogP contribution is 2.15. The van der Waals surface area contributed by atoms with Crippen molar-refractivity contribution in [2.75, 3.05) is 5.32 Å². The quantitative estimate of drug-likeness (QED) is 0.877. The number of urea groups is 1. The van der Waals surface area contributed by atoms with Gasteiger partial charge in [0.05, 0.1) is 0 Å². The maximum atomic E-state index is 13.1. The molecule has 0 atom stereocenters. The van der Waals surface area contributed by atoms with E-state index >= 15 is 0 Å². The van der Waals surface area contributed by atoms with Gasteiger partial charge in [0, 0.05) is 12.2 Å². The summed E-state index contributed by atoms with van der Waals surface area (Å²) in [6, 6.07) is 11.9. The summed E-state index contributed by atoms with van der Waals surface area (Å²) in [5, 5.41) is 5.38. The van der Waals surface area contributed by atoms with Crippen LogP contribution in [-0.4, -0.2) is 6.03 Å². The SMILES string of the molecule is Cc1ccc(CNC(=O)Nc2cc(F)ccc2C)cc1. The van der Waals surface area contributed by atoms with Crippen LogP contribution in [0.5, 0.6) is 0 Å². The fourth-order valence-corrected chi connectivity index (χ4v) is 1.78. The van der Waals surface area contributed by atoms with Crippen LogP contribution in [0, 0.1) is 19.7 Å². The molecule has 2 aromatic carbocycles. The Morgan fingerprint density at radius 1 is 1.10 bits per heavy atom. The van der Waals surface area contributed by atoms with E-state index in [1.807, 2.05) is 38.1 Å². The van der Waals surface area contributed by atoms with Crippen molar-refractivity contribution in [2.24, 2.45) is 0 Å². The fourth-order valence-electron chi connectivity index (χ4n) is 1.78. The van der Waals surface area contributed by atoms with Crippen LogP contribution >= 0.6 is 0 Å². The van der Waals surface area contributed by atoms with Crippen molar-refractivity contribution >= 4 is 11.7 Å². The third-order valence-electron chi connectivity index (χ3n) is 3.02. The van der Waals surface area contributed by atoms with Gasteiger partial charge in [0.25, 0.3) is 0 Å². The van der Waals surface area contributed by atoms with Gasteiger partial charge in [-0.1, -0.05) is 35.9 Å². The van der Waals surface area contributed by atoms with Crippen molar-refractivity contribution in [3.05, 3.63) is 65.0 Å². The molecule has 0 aliphatic heterocycles. The first-order valence-corrected chi connectivity index (χ1v) is 6.41. The van der Waals surface area contributed by atoms with Crippen LogP contribution in [0.25, 0.3) is 0 Å². The Bertz CT molecular complexity index is 608. The van der Waals surface area contributed by atoms with Gasteiger partial charge < -0.3 is 10.6 Å².